The van der Waals surface area contributed by atoms with E-state index < -0.39 is 0 Å². The molecule has 8 aromatic rings. The van der Waals surface area contributed by atoms with Gasteiger partial charge in [-0.25, -0.2) is 15.0 Å². The highest BCUT2D eigenvalue weighted by Gasteiger charge is 2.36. The molecule has 0 aliphatic heterocycles. The van der Waals surface area contributed by atoms with E-state index in [1.165, 1.54) is 44.7 Å². The van der Waals surface area contributed by atoms with Crippen LogP contribution in [0.5, 0.6) is 0 Å². The predicted octanol–water partition coefficient (Wildman–Crippen LogP) is 13.7. The molecule has 0 unspecified atom stereocenters. The van der Waals surface area contributed by atoms with E-state index in [0.717, 1.165) is 46.5 Å². The first kappa shape index (κ1) is 35.3. The minimum absolute atomic E-state index is 0.116. The Morgan fingerprint density at radius 2 is 0.983 bits per heavy atom. The van der Waals surface area contributed by atoms with Gasteiger partial charge in [0.15, 0.2) is 17.5 Å². The van der Waals surface area contributed by atoms with Crippen molar-refractivity contribution in [3.63, 3.8) is 0 Å². The summed E-state index contributed by atoms with van der Waals surface area (Å²) in [7, 11) is 0. The van der Waals surface area contributed by atoms with Gasteiger partial charge in [0.05, 0.1) is 5.69 Å². The molecule has 2 aliphatic carbocycles. The normalized spacial score (nSPS) is 13.9. The zero-order chi connectivity index (χ0) is 39.1. The van der Waals surface area contributed by atoms with Gasteiger partial charge in [-0.1, -0.05) is 178 Å². The van der Waals surface area contributed by atoms with Crippen LogP contribution >= 0.6 is 0 Å². The molecule has 58 heavy (non-hydrogen) atoms. The summed E-state index contributed by atoms with van der Waals surface area (Å²) < 4.78 is 0. The van der Waals surface area contributed by atoms with Crippen LogP contribution in [0, 0.1) is 0 Å². The molecule has 7 aromatic carbocycles. The summed E-state index contributed by atoms with van der Waals surface area (Å²) in [4.78, 5) is 17.5. The number of anilines is 2. The van der Waals surface area contributed by atoms with Gasteiger partial charge in [-0.15, -0.1) is 0 Å². The Labute approximate surface area is 340 Å². The number of nitrogens with zero attached hydrogens (tertiary/aromatic N) is 4. The fourth-order valence-electron chi connectivity index (χ4n) is 8.66. The zero-order valence-corrected chi connectivity index (χ0v) is 32.7. The van der Waals surface area contributed by atoms with Crippen LogP contribution in [0.2, 0.25) is 0 Å². The molecule has 278 valence electrons. The number of benzene rings is 7. The SMILES string of the molecule is CC1(C)c2ccccc2-c2ccc(N(C3=CC(c4cccc(-c5nc(-c6ccccc6)nc(-c6ccccc6)n5)c4)=CCC3)c3ccccc3-c3ccccc3)cc21. The molecule has 0 saturated carbocycles. The molecule has 0 spiro atoms. The van der Waals surface area contributed by atoms with E-state index in [2.05, 4.69) is 152 Å². The van der Waals surface area contributed by atoms with Gasteiger partial charge in [0.25, 0.3) is 0 Å². The Balaban J connectivity index is 1.09. The van der Waals surface area contributed by atoms with Gasteiger partial charge in [0, 0.05) is 39.1 Å². The highest BCUT2D eigenvalue weighted by molar-refractivity contribution is 5.89. The summed E-state index contributed by atoms with van der Waals surface area (Å²) in [6.45, 7) is 4.71. The molecule has 0 radical (unpaired) electrons. The maximum atomic E-state index is 5.04. The van der Waals surface area contributed by atoms with Crippen molar-refractivity contribution >= 4 is 16.9 Å². The molecule has 0 fully saturated rings. The second-order valence-corrected chi connectivity index (χ2v) is 15.6. The molecule has 1 heterocycles. The average Bonchev–Trinajstić information content (AvgIpc) is 3.52. The molecule has 4 heteroatoms. The second-order valence-electron chi connectivity index (χ2n) is 15.6. The summed E-state index contributed by atoms with van der Waals surface area (Å²) in [5, 5.41) is 0. The topological polar surface area (TPSA) is 41.9 Å². The van der Waals surface area contributed by atoms with Gasteiger partial charge in [0.2, 0.25) is 0 Å². The fraction of sp³-hybridized carbons (Fsp3) is 0.0926. The second kappa shape index (κ2) is 14.7. The van der Waals surface area contributed by atoms with E-state index >= 15 is 0 Å². The maximum absolute atomic E-state index is 5.04. The Kier molecular flexibility index (Phi) is 8.95. The van der Waals surface area contributed by atoms with Gasteiger partial charge in [-0.3, -0.25) is 0 Å². The Morgan fingerprint density at radius 3 is 1.67 bits per heavy atom. The lowest BCUT2D eigenvalue weighted by molar-refractivity contribution is 0.660. The van der Waals surface area contributed by atoms with Crippen molar-refractivity contribution in [1.29, 1.82) is 0 Å². The molecule has 0 N–H and O–H groups in total. The third-order valence-electron chi connectivity index (χ3n) is 11.6. The lowest BCUT2D eigenvalue weighted by Gasteiger charge is -2.33. The third-order valence-corrected chi connectivity index (χ3v) is 11.6. The molecule has 0 bridgehead atoms. The summed E-state index contributed by atoms with van der Waals surface area (Å²) in [5.74, 6) is 1.96. The smallest absolute Gasteiger partial charge is 0.164 e. The van der Waals surface area contributed by atoms with Crippen molar-refractivity contribution in [3.05, 3.63) is 217 Å². The summed E-state index contributed by atoms with van der Waals surface area (Å²) >= 11 is 0. The Bertz CT molecular complexity index is 2800. The number of para-hydroxylation sites is 1. The maximum Gasteiger partial charge on any atom is 0.164 e. The lowest BCUT2D eigenvalue weighted by Crippen LogP contribution is -2.20. The Morgan fingerprint density at radius 1 is 0.448 bits per heavy atom. The van der Waals surface area contributed by atoms with Crippen molar-refractivity contribution in [2.75, 3.05) is 4.90 Å². The predicted molar refractivity (Wildman–Crippen MR) is 239 cm³/mol. The largest absolute Gasteiger partial charge is 0.314 e. The van der Waals surface area contributed by atoms with Crippen LogP contribution in [0.1, 0.15) is 43.4 Å². The molecular formula is C54H42N4. The summed E-state index contributed by atoms with van der Waals surface area (Å²) in [5.41, 5.74) is 16.4. The van der Waals surface area contributed by atoms with Crippen LogP contribution in [-0.4, -0.2) is 15.0 Å². The molecule has 2 aliphatic rings. The minimum Gasteiger partial charge on any atom is -0.314 e. The van der Waals surface area contributed by atoms with Crippen molar-refractivity contribution in [1.82, 2.24) is 15.0 Å². The third kappa shape index (κ3) is 6.43. The van der Waals surface area contributed by atoms with Gasteiger partial charge in [0.1, 0.15) is 0 Å². The molecule has 0 saturated heterocycles. The first-order chi connectivity index (χ1) is 28.5. The van der Waals surface area contributed by atoms with Crippen LogP contribution in [0.25, 0.3) is 62.0 Å². The van der Waals surface area contributed by atoms with Gasteiger partial charge >= 0.3 is 0 Å². The molecule has 0 atom stereocenters. The van der Waals surface area contributed by atoms with Crippen LogP contribution in [-0.2, 0) is 5.41 Å². The van der Waals surface area contributed by atoms with Crippen molar-refractivity contribution in [2.45, 2.75) is 32.1 Å². The van der Waals surface area contributed by atoms with Crippen LogP contribution in [0.15, 0.2) is 200 Å². The first-order valence-electron chi connectivity index (χ1n) is 20.1. The van der Waals surface area contributed by atoms with E-state index in [1.54, 1.807) is 0 Å². The van der Waals surface area contributed by atoms with E-state index in [9.17, 15) is 0 Å². The van der Waals surface area contributed by atoms with Crippen LogP contribution in [0.3, 0.4) is 0 Å². The number of aromatic nitrogens is 3. The van der Waals surface area contributed by atoms with Crippen LogP contribution < -0.4 is 4.90 Å². The zero-order valence-electron chi connectivity index (χ0n) is 32.7. The van der Waals surface area contributed by atoms with Crippen molar-refractivity contribution in [3.8, 4) is 56.4 Å². The standard InChI is InChI=1S/C54H42N4/c1-54(2)48-30-14-12-29-46(48)47-33-32-44(36-49(47)54)58(50-31-15-13-28-45(50)37-18-6-3-7-19-37)43-27-17-25-41(35-43)40-24-16-26-42(34-40)53-56-51(38-20-8-4-9-21-38)55-52(57-53)39-22-10-5-11-23-39/h3-16,18-26,28-36H,17,27H2,1-2H3. The Hall–Kier alpha value is -7.17. The molecular weight excluding hydrogens is 705 g/mol. The molecule has 4 nitrogen and oxygen atoms in total. The highest BCUT2D eigenvalue weighted by atomic mass is 15.2. The van der Waals surface area contributed by atoms with Crippen LogP contribution in [0.4, 0.5) is 11.4 Å². The number of rotatable bonds is 8. The van der Waals surface area contributed by atoms with E-state index in [0.29, 0.717) is 17.5 Å². The van der Waals surface area contributed by atoms with Gasteiger partial charge in [-0.2, -0.15) is 0 Å². The quantitative estimate of drug-likeness (QED) is 0.155. The number of allylic oxidation sites excluding steroid dienone is 4. The first-order valence-corrected chi connectivity index (χ1v) is 20.1. The van der Waals surface area contributed by atoms with Crippen molar-refractivity contribution < 1.29 is 0 Å². The van der Waals surface area contributed by atoms with Gasteiger partial charge in [-0.05, 0) is 82.1 Å². The lowest BCUT2D eigenvalue weighted by atomic mass is 9.82. The highest BCUT2D eigenvalue weighted by Crippen LogP contribution is 2.51. The van der Waals surface area contributed by atoms with E-state index in [-0.39, 0.29) is 5.41 Å². The fourth-order valence-corrected chi connectivity index (χ4v) is 8.66. The van der Waals surface area contributed by atoms with Crippen molar-refractivity contribution in [2.24, 2.45) is 0 Å². The molecule has 0 amide bonds. The number of hydrogen-bond acceptors (Lipinski definition) is 4. The number of hydrogen-bond donors (Lipinski definition) is 0. The number of fused-ring (bicyclic) bond motifs is 3. The van der Waals surface area contributed by atoms with E-state index in [4.69, 9.17) is 15.0 Å². The molecule has 10 rings (SSSR count). The molecule has 1 aromatic heterocycles. The van der Waals surface area contributed by atoms with E-state index in [1.807, 2.05) is 60.7 Å². The monoisotopic (exact) mass is 746 g/mol. The summed E-state index contributed by atoms with van der Waals surface area (Å²) in [6, 6.07) is 64.4. The average molecular weight is 747 g/mol. The van der Waals surface area contributed by atoms with Gasteiger partial charge < -0.3 is 4.90 Å². The minimum atomic E-state index is -0.116. The summed E-state index contributed by atoms with van der Waals surface area (Å²) in [6.07, 6.45) is 6.57.